The van der Waals surface area contributed by atoms with Crippen LogP contribution in [0.2, 0.25) is 0 Å². The number of sulfonamides is 1. The van der Waals surface area contributed by atoms with Crippen LogP contribution in [0.3, 0.4) is 0 Å². The van der Waals surface area contributed by atoms with E-state index in [1.165, 1.54) is 4.31 Å². The Hall–Kier alpha value is -1.40. The van der Waals surface area contributed by atoms with Gasteiger partial charge in [-0.05, 0) is 25.0 Å². The van der Waals surface area contributed by atoms with Gasteiger partial charge in [0.2, 0.25) is 15.9 Å². The first-order valence-electron chi connectivity index (χ1n) is 5.81. The third-order valence-corrected chi connectivity index (χ3v) is 4.26. The van der Waals surface area contributed by atoms with E-state index < -0.39 is 16.1 Å². The van der Waals surface area contributed by atoms with Crippen molar-refractivity contribution in [1.82, 2.24) is 4.31 Å². The second kappa shape index (κ2) is 5.07. The van der Waals surface area contributed by atoms with E-state index in [2.05, 4.69) is 5.32 Å². The molecule has 1 amide bonds. The van der Waals surface area contributed by atoms with Crippen LogP contribution in [0.1, 0.15) is 12.8 Å². The Balaban J connectivity index is 2.10. The molecule has 0 radical (unpaired) electrons. The van der Waals surface area contributed by atoms with Gasteiger partial charge < -0.3 is 5.32 Å². The maximum atomic E-state index is 12.1. The third kappa shape index (κ3) is 2.88. The van der Waals surface area contributed by atoms with Crippen molar-refractivity contribution in [2.24, 2.45) is 0 Å². The molecule has 18 heavy (non-hydrogen) atoms. The van der Waals surface area contributed by atoms with Gasteiger partial charge in [-0.15, -0.1) is 0 Å². The van der Waals surface area contributed by atoms with Crippen molar-refractivity contribution < 1.29 is 13.2 Å². The molecule has 1 aliphatic heterocycles. The predicted octanol–water partition coefficient (Wildman–Crippen LogP) is 1.05. The lowest BCUT2D eigenvalue weighted by atomic mass is 10.2. The van der Waals surface area contributed by atoms with Gasteiger partial charge in [-0.1, -0.05) is 18.2 Å². The summed E-state index contributed by atoms with van der Waals surface area (Å²) in [7, 11) is -3.32. The van der Waals surface area contributed by atoms with Crippen LogP contribution in [-0.4, -0.2) is 37.5 Å². The maximum Gasteiger partial charge on any atom is 0.242 e. The van der Waals surface area contributed by atoms with E-state index >= 15 is 0 Å². The molecule has 2 rings (SSSR count). The highest BCUT2D eigenvalue weighted by atomic mass is 32.2. The fourth-order valence-electron chi connectivity index (χ4n) is 2.15. The first-order chi connectivity index (χ1) is 8.48. The van der Waals surface area contributed by atoms with Crippen molar-refractivity contribution in [3.63, 3.8) is 0 Å². The molecule has 0 bridgehead atoms. The zero-order valence-electron chi connectivity index (χ0n) is 10.2. The smallest absolute Gasteiger partial charge is 0.242 e. The minimum atomic E-state index is -3.32. The molecule has 0 spiro atoms. The molecular weight excluding hydrogens is 252 g/mol. The first kappa shape index (κ1) is 13.0. The lowest BCUT2D eigenvalue weighted by molar-refractivity contribution is -0.119. The van der Waals surface area contributed by atoms with Gasteiger partial charge in [0, 0.05) is 12.2 Å². The summed E-state index contributed by atoms with van der Waals surface area (Å²) in [6.07, 6.45) is 2.44. The molecule has 1 heterocycles. The molecule has 0 aliphatic carbocycles. The molecule has 1 aromatic carbocycles. The second-order valence-electron chi connectivity index (χ2n) is 4.39. The monoisotopic (exact) mass is 268 g/mol. The Kier molecular flexibility index (Phi) is 3.68. The normalized spacial score (nSPS) is 20.8. The Bertz CT molecular complexity index is 528. The molecule has 1 aromatic rings. The van der Waals surface area contributed by atoms with Gasteiger partial charge in [-0.2, -0.15) is 4.31 Å². The number of carbonyl (C=O) groups excluding carboxylic acids is 1. The van der Waals surface area contributed by atoms with Crippen molar-refractivity contribution in [2.45, 2.75) is 18.9 Å². The van der Waals surface area contributed by atoms with E-state index in [-0.39, 0.29) is 5.91 Å². The van der Waals surface area contributed by atoms with Gasteiger partial charge in [-0.3, -0.25) is 4.79 Å². The number of nitrogens with zero attached hydrogens (tertiary/aromatic N) is 1. The second-order valence-corrected chi connectivity index (χ2v) is 6.32. The molecule has 1 atom stereocenters. The Morgan fingerprint density at radius 1 is 1.33 bits per heavy atom. The quantitative estimate of drug-likeness (QED) is 0.891. The van der Waals surface area contributed by atoms with Crippen molar-refractivity contribution in [3.8, 4) is 0 Å². The summed E-state index contributed by atoms with van der Waals surface area (Å²) >= 11 is 0. The number of hydrogen-bond acceptors (Lipinski definition) is 3. The highest BCUT2D eigenvalue weighted by Gasteiger charge is 2.36. The van der Waals surface area contributed by atoms with Gasteiger partial charge in [0.15, 0.2) is 0 Å². The fourth-order valence-corrected chi connectivity index (χ4v) is 3.27. The van der Waals surface area contributed by atoms with Crippen molar-refractivity contribution in [1.29, 1.82) is 0 Å². The van der Waals surface area contributed by atoms with Gasteiger partial charge in [-0.25, -0.2) is 8.42 Å². The van der Waals surface area contributed by atoms with Crippen LogP contribution in [0.25, 0.3) is 0 Å². The van der Waals surface area contributed by atoms with Gasteiger partial charge in [0.1, 0.15) is 6.04 Å². The van der Waals surface area contributed by atoms with Crippen LogP contribution < -0.4 is 5.32 Å². The minimum Gasteiger partial charge on any atom is -0.325 e. The number of amides is 1. The van der Waals surface area contributed by atoms with Crippen LogP contribution in [0.5, 0.6) is 0 Å². The van der Waals surface area contributed by atoms with Gasteiger partial charge in [0.05, 0.1) is 6.26 Å². The van der Waals surface area contributed by atoms with Crippen molar-refractivity contribution in [3.05, 3.63) is 30.3 Å². The van der Waals surface area contributed by atoms with Crippen LogP contribution in [0, 0.1) is 0 Å². The van der Waals surface area contributed by atoms with Gasteiger partial charge in [0.25, 0.3) is 0 Å². The summed E-state index contributed by atoms with van der Waals surface area (Å²) in [6.45, 7) is 0.422. The zero-order chi connectivity index (χ0) is 13.2. The molecule has 0 aromatic heterocycles. The van der Waals surface area contributed by atoms with Crippen LogP contribution in [0.4, 0.5) is 5.69 Å². The minimum absolute atomic E-state index is 0.260. The number of rotatable bonds is 3. The van der Waals surface area contributed by atoms with Crippen LogP contribution in [-0.2, 0) is 14.8 Å². The summed E-state index contributed by atoms with van der Waals surface area (Å²) in [6, 6.07) is 8.46. The molecule has 0 unspecified atom stereocenters. The summed E-state index contributed by atoms with van der Waals surface area (Å²) < 4.78 is 24.4. The van der Waals surface area contributed by atoms with Crippen LogP contribution in [0.15, 0.2) is 30.3 Å². The lowest BCUT2D eigenvalue weighted by Crippen LogP contribution is -2.42. The Morgan fingerprint density at radius 3 is 2.61 bits per heavy atom. The number of benzene rings is 1. The number of nitrogens with one attached hydrogen (secondary N) is 1. The van der Waals surface area contributed by atoms with E-state index in [9.17, 15) is 13.2 Å². The average molecular weight is 268 g/mol. The molecule has 1 saturated heterocycles. The molecule has 5 nitrogen and oxygen atoms in total. The summed E-state index contributed by atoms with van der Waals surface area (Å²) in [5, 5.41) is 2.74. The molecular formula is C12H16N2O3S. The highest BCUT2D eigenvalue weighted by molar-refractivity contribution is 7.88. The highest BCUT2D eigenvalue weighted by Crippen LogP contribution is 2.21. The fraction of sp³-hybridized carbons (Fsp3) is 0.417. The molecule has 1 N–H and O–H groups in total. The Labute approximate surface area is 107 Å². The number of para-hydroxylation sites is 1. The largest absolute Gasteiger partial charge is 0.325 e. The standard InChI is InChI=1S/C12H16N2O3S/c1-18(16,17)14-9-5-8-11(14)12(15)13-10-6-3-2-4-7-10/h2-4,6-7,11H,5,8-9H2,1H3,(H,13,15)/t11-/m0/s1. The summed E-state index contributed by atoms with van der Waals surface area (Å²) in [5.74, 6) is -0.260. The lowest BCUT2D eigenvalue weighted by Gasteiger charge is -2.21. The molecule has 6 heteroatoms. The van der Waals surface area contributed by atoms with Crippen molar-refractivity contribution >= 4 is 21.6 Å². The number of carbonyl (C=O) groups is 1. The molecule has 1 fully saturated rings. The Morgan fingerprint density at radius 2 is 2.00 bits per heavy atom. The number of anilines is 1. The van der Waals surface area contributed by atoms with Crippen LogP contribution >= 0.6 is 0 Å². The zero-order valence-corrected chi connectivity index (χ0v) is 11.0. The van der Waals surface area contributed by atoms with Gasteiger partial charge >= 0.3 is 0 Å². The van der Waals surface area contributed by atoms with E-state index in [4.69, 9.17) is 0 Å². The molecule has 0 saturated carbocycles. The number of hydrogen-bond donors (Lipinski definition) is 1. The maximum absolute atomic E-state index is 12.1. The average Bonchev–Trinajstić information content (AvgIpc) is 2.79. The predicted molar refractivity (Wildman–Crippen MR) is 69.6 cm³/mol. The van der Waals surface area contributed by atoms with E-state index in [1.807, 2.05) is 18.2 Å². The molecule has 98 valence electrons. The van der Waals surface area contributed by atoms with E-state index in [1.54, 1.807) is 12.1 Å². The topological polar surface area (TPSA) is 66.5 Å². The molecule has 1 aliphatic rings. The third-order valence-electron chi connectivity index (χ3n) is 2.97. The first-order valence-corrected chi connectivity index (χ1v) is 7.66. The summed E-state index contributed by atoms with van der Waals surface area (Å²) in [4.78, 5) is 12.1. The van der Waals surface area contributed by atoms with Crippen molar-refractivity contribution in [2.75, 3.05) is 18.1 Å². The summed E-state index contributed by atoms with van der Waals surface area (Å²) in [5.41, 5.74) is 0.683. The van der Waals surface area contributed by atoms with E-state index in [0.717, 1.165) is 12.7 Å². The van der Waals surface area contributed by atoms with E-state index in [0.29, 0.717) is 18.7 Å². The SMILES string of the molecule is CS(=O)(=O)N1CCC[C@H]1C(=O)Nc1ccccc1.